The van der Waals surface area contributed by atoms with E-state index in [0.29, 0.717) is 6.42 Å². The minimum Gasteiger partial charge on any atom is -0.325 e. The molecular weight excluding hydrogens is 348 g/mol. The minimum atomic E-state index is 0.707. The van der Waals surface area contributed by atoms with Gasteiger partial charge in [-0.25, -0.2) is 14.5 Å². The van der Waals surface area contributed by atoms with Gasteiger partial charge in [0.15, 0.2) is 11.5 Å². The van der Waals surface area contributed by atoms with Crippen molar-refractivity contribution in [3.05, 3.63) is 89.4 Å². The molecule has 0 spiro atoms. The van der Waals surface area contributed by atoms with Gasteiger partial charge in [0.25, 0.3) is 0 Å². The minimum absolute atomic E-state index is 0.707. The summed E-state index contributed by atoms with van der Waals surface area (Å²) in [4.78, 5) is 13.8. The molecule has 0 unspecified atom stereocenters. The third-order valence-electron chi connectivity index (χ3n) is 5.26. The van der Waals surface area contributed by atoms with Crippen LogP contribution in [0.4, 0.5) is 0 Å². The standard InChI is InChI=1S/C22H20N6/c1-15-16(2)27(13-18-9-6-10-23-12-18)21-20(15)22-25-19(26-28(22)14-24-21)11-17-7-4-3-5-8-17/h3-10,12,14H,11,13H2,1-2H3. The van der Waals surface area contributed by atoms with Crippen molar-refractivity contribution in [3.63, 3.8) is 0 Å². The summed E-state index contributed by atoms with van der Waals surface area (Å²) >= 11 is 0. The Morgan fingerprint density at radius 1 is 0.929 bits per heavy atom. The van der Waals surface area contributed by atoms with Gasteiger partial charge in [0.1, 0.15) is 12.0 Å². The molecule has 0 bridgehead atoms. The molecule has 0 atom stereocenters. The average molecular weight is 368 g/mol. The van der Waals surface area contributed by atoms with Crippen molar-refractivity contribution < 1.29 is 0 Å². The second kappa shape index (κ2) is 6.56. The van der Waals surface area contributed by atoms with Crippen LogP contribution < -0.4 is 0 Å². The third kappa shape index (κ3) is 2.74. The Kier molecular flexibility index (Phi) is 3.90. The van der Waals surface area contributed by atoms with E-state index < -0.39 is 0 Å². The predicted molar refractivity (Wildman–Crippen MR) is 108 cm³/mol. The average Bonchev–Trinajstić information content (AvgIpc) is 3.23. The molecule has 4 heterocycles. The summed E-state index contributed by atoms with van der Waals surface area (Å²) in [6, 6.07) is 14.3. The molecule has 1 aromatic carbocycles. The van der Waals surface area contributed by atoms with Crippen LogP contribution in [0.2, 0.25) is 0 Å². The molecule has 0 radical (unpaired) electrons. The van der Waals surface area contributed by atoms with Crippen LogP contribution in [0.25, 0.3) is 16.7 Å². The van der Waals surface area contributed by atoms with E-state index in [0.717, 1.165) is 34.6 Å². The van der Waals surface area contributed by atoms with E-state index >= 15 is 0 Å². The summed E-state index contributed by atoms with van der Waals surface area (Å²) in [5, 5.41) is 5.71. The first-order chi connectivity index (χ1) is 13.7. The zero-order chi connectivity index (χ0) is 19.1. The molecule has 5 aromatic rings. The number of rotatable bonds is 4. The number of fused-ring (bicyclic) bond motifs is 3. The fraction of sp³-hybridized carbons (Fsp3) is 0.182. The summed E-state index contributed by atoms with van der Waals surface area (Å²) in [6.45, 7) is 4.99. The van der Waals surface area contributed by atoms with E-state index in [2.05, 4.69) is 46.7 Å². The van der Waals surface area contributed by atoms with Gasteiger partial charge in [0.2, 0.25) is 0 Å². The SMILES string of the molecule is Cc1c(C)n(Cc2cccnc2)c2ncn3nc(Cc4ccccc4)nc3c12. The molecule has 6 nitrogen and oxygen atoms in total. The Morgan fingerprint density at radius 2 is 1.75 bits per heavy atom. The second-order valence-electron chi connectivity index (χ2n) is 7.06. The van der Waals surface area contributed by atoms with Gasteiger partial charge in [0, 0.05) is 24.5 Å². The molecular formula is C22H20N6. The van der Waals surface area contributed by atoms with Crippen molar-refractivity contribution in [1.82, 2.24) is 29.1 Å². The Labute approximate surface area is 162 Å². The first-order valence-electron chi connectivity index (χ1n) is 9.33. The second-order valence-corrected chi connectivity index (χ2v) is 7.06. The van der Waals surface area contributed by atoms with Crippen LogP contribution in [0, 0.1) is 13.8 Å². The first-order valence-corrected chi connectivity index (χ1v) is 9.33. The van der Waals surface area contributed by atoms with E-state index in [-0.39, 0.29) is 0 Å². The van der Waals surface area contributed by atoms with Crippen LogP contribution in [0.15, 0.2) is 61.2 Å². The molecule has 28 heavy (non-hydrogen) atoms. The molecule has 0 aliphatic carbocycles. The van der Waals surface area contributed by atoms with Gasteiger partial charge in [-0.15, -0.1) is 5.10 Å². The fourth-order valence-electron chi connectivity index (χ4n) is 3.70. The lowest BCUT2D eigenvalue weighted by molar-refractivity contribution is 0.783. The Morgan fingerprint density at radius 3 is 2.54 bits per heavy atom. The maximum absolute atomic E-state index is 4.84. The fourth-order valence-corrected chi connectivity index (χ4v) is 3.70. The Bertz CT molecular complexity index is 1270. The number of nitrogens with zero attached hydrogens (tertiary/aromatic N) is 6. The largest absolute Gasteiger partial charge is 0.325 e. The van der Waals surface area contributed by atoms with Gasteiger partial charge in [0.05, 0.1) is 11.9 Å². The molecule has 6 heteroatoms. The zero-order valence-corrected chi connectivity index (χ0v) is 15.9. The molecule has 0 saturated carbocycles. The van der Waals surface area contributed by atoms with Crippen molar-refractivity contribution in [1.29, 1.82) is 0 Å². The zero-order valence-electron chi connectivity index (χ0n) is 15.9. The summed E-state index contributed by atoms with van der Waals surface area (Å²) in [6.07, 6.45) is 6.16. The van der Waals surface area contributed by atoms with E-state index in [9.17, 15) is 0 Å². The van der Waals surface area contributed by atoms with E-state index in [4.69, 9.17) is 9.97 Å². The predicted octanol–water partition coefficient (Wildman–Crippen LogP) is 3.73. The van der Waals surface area contributed by atoms with Crippen molar-refractivity contribution in [2.45, 2.75) is 26.8 Å². The van der Waals surface area contributed by atoms with Crippen molar-refractivity contribution in [2.24, 2.45) is 0 Å². The highest BCUT2D eigenvalue weighted by Gasteiger charge is 2.18. The molecule has 4 aromatic heterocycles. The van der Waals surface area contributed by atoms with E-state index in [1.807, 2.05) is 30.5 Å². The van der Waals surface area contributed by atoms with Crippen LogP contribution in [0.1, 0.15) is 28.2 Å². The normalized spacial score (nSPS) is 11.5. The van der Waals surface area contributed by atoms with Gasteiger partial charge in [-0.1, -0.05) is 36.4 Å². The van der Waals surface area contributed by atoms with Crippen molar-refractivity contribution in [3.8, 4) is 0 Å². The molecule has 138 valence electrons. The highest BCUT2D eigenvalue weighted by Crippen LogP contribution is 2.27. The lowest BCUT2D eigenvalue weighted by Crippen LogP contribution is -2.03. The van der Waals surface area contributed by atoms with Gasteiger partial charge in [-0.2, -0.15) is 0 Å². The molecule has 0 N–H and O–H groups in total. The molecule has 5 rings (SSSR count). The smallest absolute Gasteiger partial charge is 0.168 e. The topological polar surface area (TPSA) is 60.9 Å². The molecule has 0 aliphatic rings. The van der Waals surface area contributed by atoms with Crippen LogP contribution >= 0.6 is 0 Å². The maximum atomic E-state index is 4.84. The summed E-state index contributed by atoms with van der Waals surface area (Å²) < 4.78 is 4.02. The molecule has 0 saturated heterocycles. The number of hydrogen-bond donors (Lipinski definition) is 0. The number of aryl methyl sites for hydroxylation is 1. The van der Waals surface area contributed by atoms with Gasteiger partial charge >= 0.3 is 0 Å². The molecule has 0 amide bonds. The van der Waals surface area contributed by atoms with Crippen molar-refractivity contribution >= 4 is 16.7 Å². The highest BCUT2D eigenvalue weighted by molar-refractivity contribution is 5.93. The number of aromatic nitrogens is 6. The lowest BCUT2D eigenvalue weighted by atomic mass is 10.1. The Hall–Kier alpha value is -3.54. The monoisotopic (exact) mass is 368 g/mol. The maximum Gasteiger partial charge on any atom is 0.168 e. The summed E-state index contributed by atoms with van der Waals surface area (Å²) in [5.41, 5.74) is 6.52. The quantitative estimate of drug-likeness (QED) is 0.485. The number of benzene rings is 1. The van der Waals surface area contributed by atoms with Gasteiger partial charge in [-0.3, -0.25) is 4.98 Å². The summed E-state index contributed by atoms with van der Waals surface area (Å²) in [5.74, 6) is 0.803. The first kappa shape index (κ1) is 16.6. The van der Waals surface area contributed by atoms with Crippen LogP contribution in [0.3, 0.4) is 0 Å². The Balaban J connectivity index is 1.63. The van der Waals surface area contributed by atoms with Crippen LogP contribution in [-0.4, -0.2) is 29.1 Å². The third-order valence-corrected chi connectivity index (χ3v) is 5.26. The van der Waals surface area contributed by atoms with E-state index in [1.54, 1.807) is 17.0 Å². The molecule has 0 aliphatic heterocycles. The van der Waals surface area contributed by atoms with Crippen LogP contribution in [-0.2, 0) is 13.0 Å². The van der Waals surface area contributed by atoms with Crippen LogP contribution in [0.5, 0.6) is 0 Å². The van der Waals surface area contributed by atoms with Crippen molar-refractivity contribution in [2.75, 3.05) is 0 Å². The number of hydrogen-bond acceptors (Lipinski definition) is 4. The number of pyridine rings is 1. The summed E-state index contributed by atoms with van der Waals surface area (Å²) in [7, 11) is 0. The van der Waals surface area contributed by atoms with Gasteiger partial charge < -0.3 is 4.57 Å². The van der Waals surface area contributed by atoms with Gasteiger partial charge in [-0.05, 0) is 36.6 Å². The molecule has 0 fully saturated rings. The highest BCUT2D eigenvalue weighted by atomic mass is 15.3. The van der Waals surface area contributed by atoms with E-state index in [1.165, 1.54) is 16.8 Å². The lowest BCUT2D eigenvalue weighted by Gasteiger charge is -2.07.